The molecule has 2 rings (SSSR count). The van der Waals surface area contributed by atoms with Crippen LogP contribution in [0.3, 0.4) is 0 Å². The Morgan fingerprint density at radius 1 is 1.29 bits per heavy atom. The Hall–Kier alpha value is -1.75. The van der Waals surface area contributed by atoms with E-state index < -0.39 is 0 Å². The minimum Gasteiger partial charge on any atom is -0.497 e. The molecule has 1 aliphatic rings. The van der Waals surface area contributed by atoms with Gasteiger partial charge in [-0.25, -0.2) is 4.99 Å². The van der Waals surface area contributed by atoms with Gasteiger partial charge in [0.2, 0.25) is 0 Å². The van der Waals surface area contributed by atoms with Crippen LogP contribution in [0, 0.1) is 5.92 Å². The molecule has 0 aliphatic carbocycles. The summed E-state index contributed by atoms with van der Waals surface area (Å²) in [6.07, 6.45) is 0. The summed E-state index contributed by atoms with van der Waals surface area (Å²) in [7, 11) is 1.68. The summed E-state index contributed by atoms with van der Waals surface area (Å²) in [6, 6.07) is 9.11. The van der Waals surface area contributed by atoms with Crippen LogP contribution < -0.4 is 15.4 Å². The standard InChI is InChI=1S/C19H32N4O/c1-6-20-19(21-11-16-7-9-17(24-5)10-8-16)22-18-13-23(14(2)3)12-15(18)4/h7-10,14-15,18H,6,11-13H2,1-5H3,(H2,20,21,22). The van der Waals surface area contributed by atoms with Gasteiger partial charge in [-0.2, -0.15) is 0 Å². The highest BCUT2D eigenvalue weighted by molar-refractivity contribution is 5.80. The maximum absolute atomic E-state index is 5.20. The SMILES string of the molecule is CCNC(=NCc1ccc(OC)cc1)NC1CN(C(C)C)CC1C. The highest BCUT2D eigenvalue weighted by atomic mass is 16.5. The van der Waals surface area contributed by atoms with E-state index in [0.717, 1.165) is 31.3 Å². The maximum Gasteiger partial charge on any atom is 0.191 e. The first kappa shape index (κ1) is 18.6. The Kier molecular flexibility index (Phi) is 6.91. The van der Waals surface area contributed by atoms with Crippen LogP contribution in [-0.2, 0) is 6.54 Å². The van der Waals surface area contributed by atoms with Crippen molar-refractivity contribution in [3.63, 3.8) is 0 Å². The van der Waals surface area contributed by atoms with E-state index in [1.807, 2.05) is 12.1 Å². The summed E-state index contributed by atoms with van der Waals surface area (Å²) in [5.41, 5.74) is 1.18. The fourth-order valence-electron chi connectivity index (χ4n) is 3.01. The van der Waals surface area contributed by atoms with E-state index in [4.69, 9.17) is 9.73 Å². The second-order valence-corrected chi connectivity index (χ2v) is 6.82. The van der Waals surface area contributed by atoms with Gasteiger partial charge in [0, 0.05) is 31.7 Å². The molecule has 1 aromatic carbocycles. The second kappa shape index (κ2) is 8.92. The molecule has 1 saturated heterocycles. The molecule has 2 atom stereocenters. The van der Waals surface area contributed by atoms with Gasteiger partial charge < -0.3 is 15.4 Å². The molecular weight excluding hydrogens is 300 g/mol. The van der Waals surface area contributed by atoms with Crippen LogP contribution in [0.1, 0.15) is 33.3 Å². The molecule has 1 fully saturated rings. The van der Waals surface area contributed by atoms with Crippen molar-refractivity contribution in [2.75, 3.05) is 26.7 Å². The number of benzene rings is 1. The van der Waals surface area contributed by atoms with Crippen molar-refractivity contribution in [2.45, 2.75) is 46.3 Å². The molecule has 0 bridgehead atoms. The summed E-state index contributed by atoms with van der Waals surface area (Å²) in [5, 5.41) is 6.98. The number of aliphatic imine (C=N–C) groups is 1. The third-order valence-electron chi connectivity index (χ3n) is 4.62. The van der Waals surface area contributed by atoms with Crippen molar-refractivity contribution < 1.29 is 4.74 Å². The molecule has 0 aromatic heterocycles. The van der Waals surface area contributed by atoms with Crippen LogP contribution in [0.5, 0.6) is 5.75 Å². The van der Waals surface area contributed by atoms with Gasteiger partial charge >= 0.3 is 0 Å². The molecule has 1 aromatic rings. The van der Waals surface area contributed by atoms with E-state index >= 15 is 0 Å². The molecule has 1 heterocycles. The molecule has 5 heteroatoms. The number of nitrogens with one attached hydrogen (secondary N) is 2. The van der Waals surface area contributed by atoms with Crippen molar-refractivity contribution in [3.05, 3.63) is 29.8 Å². The number of nitrogens with zero attached hydrogens (tertiary/aromatic N) is 2. The van der Waals surface area contributed by atoms with Crippen LogP contribution in [0.15, 0.2) is 29.3 Å². The summed E-state index contributed by atoms with van der Waals surface area (Å²) < 4.78 is 5.20. The van der Waals surface area contributed by atoms with Gasteiger partial charge in [-0.15, -0.1) is 0 Å². The lowest BCUT2D eigenvalue weighted by Gasteiger charge is -2.22. The molecule has 24 heavy (non-hydrogen) atoms. The first-order valence-electron chi connectivity index (χ1n) is 8.95. The highest BCUT2D eigenvalue weighted by Crippen LogP contribution is 2.18. The lowest BCUT2D eigenvalue weighted by Crippen LogP contribution is -2.46. The molecule has 0 radical (unpaired) electrons. The first-order chi connectivity index (χ1) is 11.5. The Labute approximate surface area is 146 Å². The number of hydrogen-bond donors (Lipinski definition) is 2. The van der Waals surface area contributed by atoms with Crippen molar-refractivity contribution in [2.24, 2.45) is 10.9 Å². The fourth-order valence-corrected chi connectivity index (χ4v) is 3.01. The Balaban J connectivity index is 1.97. The second-order valence-electron chi connectivity index (χ2n) is 6.82. The highest BCUT2D eigenvalue weighted by Gasteiger charge is 2.31. The number of rotatable bonds is 6. The van der Waals surface area contributed by atoms with Gasteiger partial charge in [-0.1, -0.05) is 19.1 Å². The van der Waals surface area contributed by atoms with Crippen molar-refractivity contribution in [1.29, 1.82) is 0 Å². The van der Waals surface area contributed by atoms with Crippen LogP contribution in [0.2, 0.25) is 0 Å². The lowest BCUT2D eigenvalue weighted by molar-refractivity contribution is 0.265. The van der Waals surface area contributed by atoms with Crippen LogP contribution in [0.4, 0.5) is 0 Å². The van der Waals surface area contributed by atoms with E-state index in [-0.39, 0.29) is 0 Å². The van der Waals surface area contributed by atoms with Crippen molar-refractivity contribution >= 4 is 5.96 Å². The normalized spacial score (nSPS) is 22.0. The predicted octanol–water partition coefficient (Wildman–Crippen LogP) is 2.48. The van der Waals surface area contributed by atoms with Gasteiger partial charge in [0.1, 0.15) is 5.75 Å². The number of guanidine groups is 1. The van der Waals surface area contributed by atoms with Gasteiger partial charge in [0.05, 0.1) is 13.7 Å². The van der Waals surface area contributed by atoms with Crippen LogP contribution in [-0.4, -0.2) is 49.7 Å². The minimum atomic E-state index is 0.445. The molecular formula is C19H32N4O. The summed E-state index contributed by atoms with van der Waals surface area (Å²) in [4.78, 5) is 7.27. The van der Waals surface area contributed by atoms with Gasteiger partial charge in [0.25, 0.3) is 0 Å². The molecule has 0 amide bonds. The Morgan fingerprint density at radius 2 is 2.00 bits per heavy atom. The van der Waals surface area contributed by atoms with Crippen LogP contribution >= 0.6 is 0 Å². The molecule has 2 unspecified atom stereocenters. The van der Waals surface area contributed by atoms with Gasteiger partial charge in [0.15, 0.2) is 5.96 Å². The fraction of sp³-hybridized carbons (Fsp3) is 0.632. The van der Waals surface area contributed by atoms with Gasteiger partial charge in [-0.05, 0) is 44.4 Å². The zero-order valence-electron chi connectivity index (χ0n) is 15.7. The predicted molar refractivity (Wildman–Crippen MR) is 101 cm³/mol. The molecule has 0 saturated carbocycles. The molecule has 1 aliphatic heterocycles. The monoisotopic (exact) mass is 332 g/mol. The number of ether oxygens (including phenoxy) is 1. The smallest absolute Gasteiger partial charge is 0.191 e. The molecule has 134 valence electrons. The topological polar surface area (TPSA) is 48.9 Å². The third-order valence-corrected chi connectivity index (χ3v) is 4.62. The van der Waals surface area contributed by atoms with E-state index in [0.29, 0.717) is 24.5 Å². The Morgan fingerprint density at radius 3 is 2.54 bits per heavy atom. The maximum atomic E-state index is 5.20. The largest absolute Gasteiger partial charge is 0.497 e. The van der Waals surface area contributed by atoms with Gasteiger partial charge in [-0.3, -0.25) is 4.90 Å². The average Bonchev–Trinajstić information content (AvgIpc) is 2.94. The quantitative estimate of drug-likeness (QED) is 0.621. The van der Waals surface area contributed by atoms with E-state index in [1.54, 1.807) is 7.11 Å². The summed E-state index contributed by atoms with van der Waals surface area (Å²) >= 11 is 0. The van der Waals surface area contributed by atoms with Crippen molar-refractivity contribution in [1.82, 2.24) is 15.5 Å². The average molecular weight is 332 g/mol. The summed E-state index contributed by atoms with van der Waals surface area (Å²) in [5.74, 6) is 2.40. The number of likely N-dealkylation sites (tertiary alicyclic amines) is 1. The zero-order valence-corrected chi connectivity index (χ0v) is 15.7. The summed E-state index contributed by atoms with van der Waals surface area (Å²) in [6.45, 7) is 12.7. The van der Waals surface area contributed by atoms with E-state index in [2.05, 4.69) is 55.4 Å². The van der Waals surface area contributed by atoms with Crippen LogP contribution in [0.25, 0.3) is 0 Å². The zero-order chi connectivity index (χ0) is 17.5. The van der Waals surface area contributed by atoms with E-state index in [9.17, 15) is 0 Å². The molecule has 2 N–H and O–H groups in total. The number of hydrogen-bond acceptors (Lipinski definition) is 3. The number of methoxy groups -OCH3 is 1. The minimum absolute atomic E-state index is 0.445. The third kappa shape index (κ3) is 5.13. The Bertz CT molecular complexity index is 527. The first-order valence-corrected chi connectivity index (χ1v) is 8.95. The van der Waals surface area contributed by atoms with Crippen molar-refractivity contribution in [3.8, 4) is 5.75 Å². The van der Waals surface area contributed by atoms with E-state index in [1.165, 1.54) is 5.56 Å². The molecule has 0 spiro atoms. The molecule has 5 nitrogen and oxygen atoms in total. The lowest BCUT2D eigenvalue weighted by atomic mass is 10.1.